The lowest BCUT2D eigenvalue weighted by atomic mass is 9.77. The Balaban J connectivity index is 1.43. The number of aromatic hydroxyl groups is 1. The van der Waals surface area contributed by atoms with Gasteiger partial charge in [0.15, 0.2) is 20.2 Å². The van der Waals surface area contributed by atoms with E-state index in [1.165, 1.54) is 14.2 Å². The first-order chi connectivity index (χ1) is 20.5. The van der Waals surface area contributed by atoms with Crippen molar-refractivity contribution in [2.24, 2.45) is 0 Å². The summed E-state index contributed by atoms with van der Waals surface area (Å²) >= 11 is 0. The zero-order valence-corrected chi connectivity index (χ0v) is 28.7. The second kappa shape index (κ2) is 9.44. The second-order valence-electron chi connectivity index (χ2n) is 14.2. The molecule has 44 heavy (non-hydrogen) atoms. The SMILES string of the molecule is COC(OC)C12OC3c4c(C)cc5c(C)c6c(c(O)c5c4OC(O)(C3O1)C21CO1)C(=O)[C@H](O[Si](C)(C)C(C)(C)C)C[C@@H]6OP. The summed E-state index contributed by atoms with van der Waals surface area (Å²) in [6.45, 7) is 14.4. The van der Waals surface area contributed by atoms with Gasteiger partial charge in [-0.2, -0.15) is 0 Å². The van der Waals surface area contributed by atoms with Crippen molar-refractivity contribution in [3.05, 3.63) is 33.9 Å². The van der Waals surface area contributed by atoms with Gasteiger partial charge < -0.3 is 47.6 Å². The number of phenolic OH excluding ortho intramolecular Hbond substituents is 1. The summed E-state index contributed by atoms with van der Waals surface area (Å²) in [6.07, 6.45) is -3.74. The minimum atomic E-state index is -2.36. The third-order valence-electron chi connectivity index (χ3n) is 10.9. The van der Waals surface area contributed by atoms with Crippen LogP contribution in [0.15, 0.2) is 6.07 Å². The van der Waals surface area contributed by atoms with Gasteiger partial charge in [-0.3, -0.25) is 4.79 Å². The number of ether oxygens (including phenoxy) is 6. The third kappa shape index (κ3) is 3.56. The van der Waals surface area contributed by atoms with Crippen molar-refractivity contribution in [1.82, 2.24) is 0 Å². The molecule has 2 N–H and O–H groups in total. The van der Waals surface area contributed by atoms with Gasteiger partial charge in [0, 0.05) is 35.7 Å². The molecule has 0 aromatic heterocycles. The molecule has 0 radical (unpaired) electrons. The van der Waals surface area contributed by atoms with E-state index in [0.717, 1.165) is 11.1 Å². The molecule has 6 unspecified atom stereocenters. The van der Waals surface area contributed by atoms with Crippen LogP contribution in [-0.4, -0.2) is 80.8 Å². The van der Waals surface area contributed by atoms with Crippen LogP contribution in [0.1, 0.15) is 72.0 Å². The molecule has 11 nitrogen and oxygen atoms in total. The van der Waals surface area contributed by atoms with E-state index in [2.05, 4.69) is 43.3 Å². The zero-order valence-electron chi connectivity index (χ0n) is 26.5. The van der Waals surface area contributed by atoms with E-state index in [-0.39, 0.29) is 34.5 Å². The molecule has 2 aromatic rings. The Morgan fingerprint density at radius 3 is 2.34 bits per heavy atom. The van der Waals surface area contributed by atoms with Crippen LogP contribution in [0, 0.1) is 13.8 Å². The summed E-state index contributed by atoms with van der Waals surface area (Å²) in [5, 5.41) is 25.2. The third-order valence-corrected chi connectivity index (χ3v) is 15.7. The lowest BCUT2D eigenvalue weighted by Gasteiger charge is -2.47. The molecule has 8 atom stereocenters. The minimum Gasteiger partial charge on any atom is -0.506 e. The van der Waals surface area contributed by atoms with Gasteiger partial charge >= 0.3 is 0 Å². The summed E-state index contributed by atoms with van der Waals surface area (Å²) in [5.41, 5.74) is 1.50. The second-order valence-corrected chi connectivity index (χ2v) is 19.2. The number of rotatable bonds is 6. The van der Waals surface area contributed by atoms with Crippen LogP contribution in [0.25, 0.3) is 10.8 Å². The van der Waals surface area contributed by atoms with Crippen molar-refractivity contribution in [3.63, 3.8) is 0 Å². The summed E-state index contributed by atoms with van der Waals surface area (Å²) in [7, 11) is 2.86. The van der Waals surface area contributed by atoms with Gasteiger partial charge in [0.25, 0.3) is 11.6 Å². The number of fused-ring (bicyclic) bond motifs is 8. The molecule has 3 saturated heterocycles. The molecule has 1 spiro atoms. The number of phenols is 1. The molecule has 2 bridgehead atoms. The highest BCUT2D eigenvalue weighted by atomic mass is 31.0. The summed E-state index contributed by atoms with van der Waals surface area (Å²) in [5.74, 6) is -3.90. The topological polar surface area (TPSA) is 135 Å². The highest BCUT2D eigenvalue weighted by Gasteiger charge is 2.92. The highest BCUT2D eigenvalue weighted by molar-refractivity contribution is 7.09. The van der Waals surface area contributed by atoms with Crippen LogP contribution in [0.4, 0.5) is 0 Å². The molecule has 0 amide bonds. The van der Waals surface area contributed by atoms with Gasteiger partial charge in [-0.05, 0) is 54.1 Å². The van der Waals surface area contributed by atoms with Crippen LogP contribution >= 0.6 is 9.47 Å². The Hall–Kier alpha value is -1.70. The number of methoxy groups -OCH3 is 2. The summed E-state index contributed by atoms with van der Waals surface area (Å²) in [6, 6.07) is 1.94. The van der Waals surface area contributed by atoms with E-state index >= 15 is 0 Å². The molecule has 3 fully saturated rings. The van der Waals surface area contributed by atoms with Gasteiger partial charge in [0.1, 0.15) is 23.7 Å². The van der Waals surface area contributed by atoms with Crippen LogP contribution < -0.4 is 4.74 Å². The van der Waals surface area contributed by atoms with Gasteiger partial charge in [-0.15, -0.1) is 0 Å². The predicted molar refractivity (Wildman–Crippen MR) is 163 cm³/mol. The maximum atomic E-state index is 14.2. The number of aryl methyl sites for hydroxylation is 2. The molecule has 13 heteroatoms. The number of aliphatic hydroxyl groups is 1. The molecule has 2 aromatic carbocycles. The number of hydrogen-bond acceptors (Lipinski definition) is 11. The molecular weight excluding hydrogens is 607 g/mol. The highest BCUT2D eigenvalue weighted by Crippen LogP contribution is 2.71. The van der Waals surface area contributed by atoms with Crippen molar-refractivity contribution in [2.45, 2.75) is 107 Å². The molecule has 7 rings (SSSR count). The Morgan fingerprint density at radius 2 is 1.77 bits per heavy atom. The molecule has 5 aliphatic rings. The molecule has 0 saturated carbocycles. The maximum absolute atomic E-state index is 14.2. The number of hydrogen-bond donors (Lipinski definition) is 2. The number of carbonyl (C=O) groups excluding carboxylic acids is 1. The smallest absolute Gasteiger partial charge is 0.274 e. The number of ketones is 1. The Morgan fingerprint density at radius 1 is 1.11 bits per heavy atom. The Kier molecular flexibility index (Phi) is 6.63. The molecule has 240 valence electrons. The minimum absolute atomic E-state index is 0.0770. The van der Waals surface area contributed by atoms with E-state index in [4.69, 9.17) is 37.4 Å². The Bertz CT molecular complexity index is 1600. The number of carbonyl (C=O) groups is 1. The molecule has 1 aliphatic carbocycles. The zero-order chi connectivity index (χ0) is 31.9. The van der Waals surface area contributed by atoms with E-state index in [0.29, 0.717) is 28.3 Å². The normalized spacial score (nSPS) is 35.4. The van der Waals surface area contributed by atoms with Gasteiger partial charge in [-0.1, -0.05) is 26.8 Å². The Labute approximate surface area is 259 Å². The lowest BCUT2D eigenvalue weighted by Crippen LogP contribution is -2.69. The van der Waals surface area contributed by atoms with E-state index < -0.39 is 56.2 Å². The molecular formula is C31H41O11PSi. The standard InChI is InChI=1S/C31H41O11PSi/c1-13-10-15-14(2)19-16(41-43)11-17(42-44(8,9)28(3,4)5)22(32)21(19)23(33)20(15)24-18(13)25-26-30(34,38-24)29(12-37-29)31(39-25,40-26)27(35-6)36-7/h10,16-17,25-27,33-34H,11-12,43H2,1-9H3/t16-,17+,25?,26?,29?,30?,31?/m0/s1. The van der Waals surface area contributed by atoms with Gasteiger partial charge in [0.2, 0.25) is 11.9 Å². The van der Waals surface area contributed by atoms with Crippen LogP contribution in [0.3, 0.4) is 0 Å². The number of Topliss-reactive ketones (excluding diaryl/α,β-unsaturated/α-hetero) is 1. The first kappa shape index (κ1) is 30.9. The fraction of sp³-hybridized carbons (Fsp3) is 0.645. The first-order valence-corrected chi connectivity index (χ1v) is 18.3. The van der Waals surface area contributed by atoms with Gasteiger partial charge in [0.05, 0.1) is 23.7 Å². The number of epoxide rings is 1. The average molecular weight is 649 g/mol. The predicted octanol–water partition coefficient (Wildman–Crippen LogP) is 4.62. The van der Waals surface area contributed by atoms with Crippen molar-refractivity contribution in [1.29, 1.82) is 0 Å². The quantitative estimate of drug-likeness (QED) is 0.197. The first-order valence-electron chi connectivity index (χ1n) is 14.9. The monoisotopic (exact) mass is 648 g/mol. The molecule has 4 aliphatic heterocycles. The maximum Gasteiger partial charge on any atom is 0.274 e. The van der Waals surface area contributed by atoms with Crippen LogP contribution in [0.5, 0.6) is 11.5 Å². The van der Waals surface area contributed by atoms with E-state index in [1.807, 2.05) is 19.9 Å². The molecule has 4 heterocycles. The van der Waals surface area contributed by atoms with Crippen molar-refractivity contribution in [3.8, 4) is 11.5 Å². The largest absolute Gasteiger partial charge is 0.506 e. The van der Waals surface area contributed by atoms with Crippen molar-refractivity contribution in [2.75, 3.05) is 20.8 Å². The van der Waals surface area contributed by atoms with Gasteiger partial charge in [-0.25, -0.2) is 0 Å². The fourth-order valence-electron chi connectivity index (χ4n) is 7.55. The lowest BCUT2D eigenvalue weighted by molar-refractivity contribution is -0.344. The van der Waals surface area contributed by atoms with E-state index in [1.54, 1.807) is 0 Å². The average Bonchev–Trinajstić information content (AvgIpc) is 3.63. The van der Waals surface area contributed by atoms with E-state index in [9.17, 15) is 15.0 Å². The summed E-state index contributed by atoms with van der Waals surface area (Å²) < 4.78 is 48.9. The van der Waals surface area contributed by atoms with Crippen molar-refractivity contribution >= 4 is 34.3 Å². The number of benzene rings is 2. The summed E-state index contributed by atoms with van der Waals surface area (Å²) in [4.78, 5) is 14.2. The fourth-order valence-corrected chi connectivity index (χ4v) is 9.06. The van der Waals surface area contributed by atoms with Crippen LogP contribution in [0.2, 0.25) is 18.1 Å². The van der Waals surface area contributed by atoms with Crippen LogP contribution in [-0.2, 0) is 32.6 Å². The van der Waals surface area contributed by atoms with Crippen molar-refractivity contribution < 1.29 is 52.4 Å².